The summed E-state index contributed by atoms with van der Waals surface area (Å²) < 4.78 is 0. The molecule has 0 aromatic carbocycles. The van der Waals surface area contributed by atoms with Gasteiger partial charge in [0.25, 0.3) is 5.91 Å². The Morgan fingerprint density at radius 3 is 2.85 bits per heavy atom. The Kier molecular flexibility index (Phi) is 4.23. The van der Waals surface area contributed by atoms with Crippen LogP contribution in [0.15, 0.2) is 12.3 Å². The highest BCUT2D eigenvalue weighted by atomic mass is 35.5. The third kappa shape index (κ3) is 2.75. The molecule has 1 aromatic heterocycles. The summed E-state index contributed by atoms with van der Waals surface area (Å²) >= 11 is 5.73. The molecule has 1 saturated heterocycles. The van der Waals surface area contributed by atoms with Crippen molar-refractivity contribution in [3.05, 3.63) is 33.1 Å². The lowest BCUT2D eigenvalue weighted by Gasteiger charge is -2.18. The number of aromatic nitrogens is 1. The number of halogens is 1. The van der Waals surface area contributed by atoms with Crippen LogP contribution in [0.3, 0.4) is 0 Å². The van der Waals surface area contributed by atoms with Gasteiger partial charge in [0.15, 0.2) is 0 Å². The Morgan fingerprint density at radius 2 is 2.30 bits per heavy atom. The zero-order chi connectivity index (χ0) is 14.9. The van der Waals surface area contributed by atoms with Crippen LogP contribution in [0, 0.1) is 22.0 Å². The lowest BCUT2D eigenvalue weighted by molar-refractivity contribution is -0.385. The number of hydrogen-bond acceptors (Lipinski definition) is 4. The number of pyridine rings is 1. The molecule has 7 heteroatoms. The van der Waals surface area contributed by atoms with Crippen LogP contribution in [-0.4, -0.2) is 33.8 Å². The molecule has 1 atom stereocenters. The van der Waals surface area contributed by atoms with E-state index in [1.165, 1.54) is 12.3 Å². The van der Waals surface area contributed by atoms with E-state index in [0.717, 1.165) is 6.42 Å². The maximum Gasteiger partial charge on any atom is 0.319 e. The Balaban J connectivity index is 2.27. The molecule has 0 radical (unpaired) electrons. The Labute approximate surface area is 121 Å². The lowest BCUT2D eigenvalue weighted by Crippen LogP contribution is -2.30. The molecule has 1 aliphatic heterocycles. The molecule has 2 rings (SSSR count). The molecular weight excluding hydrogens is 282 g/mol. The molecule has 1 amide bonds. The monoisotopic (exact) mass is 297 g/mol. The minimum absolute atomic E-state index is 0.0133. The first-order valence-electron chi connectivity index (χ1n) is 6.50. The van der Waals surface area contributed by atoms with Gasteiger partial charge in [0.1, 0.15) is 5.56 Å². The van der Waals surface area contributed by atoms with Gasteiger partial charge >= 0.3 is 5.69 Å². The van der Waals surface area contributed by atoms with Crippen LogP contribution in [0.1, 0.15) is 30.6 Å². The maximum atomic E-state index is 12.4. The summed E-state index contributed by atoms with van der Waals surface area (Å²) in [7, 11) is 0. The van der Waals surface area contributed by atoms with E-state index < -0.39 is 10.6 Å². The zero-order valence-electron chi connectivity index (χ0n) is 11.4. The van der Waals surface area contributed by atoms with Gasteiger partial charge in [0.2, 0.25) is 5.15 Å². The van der Waals surface area contributed by atoms with Gasteiger partial charge in [-0.15, -0.1) is 0 Å². The first-order valence-corrected chi connectivity index (χ1v) is 6.87. The van der Waals surface area contributed by atoms with Crippen molar-refractivity contribution in [2.75, 3.05) is 13.1 Å². The summed E-state index contributed by atoms with van der Waals surface area (Å²) in [4.78, 5) is 28.1. The van der Waals surface area contributed by atoms with Crippen molar-refractivity contribution >= 4 is 23.2 Å². The number of hydrogen-bond donors (Lipinski definition) is 0. The highest BCUT2D eigenvalue weighted by molar-refractivity contribution is 6.32. The highest BCUT2D eigenvalue weighted by Gasteiger charge is 2.33. The van der Waals surface area contributed by atoms with E-state index in [-0.39, 0.29) is 16.6 Å². The largest absolute Gasteiger partial charge is 0.338 e. The lowest BCUT2D eigenvalue weighted by atomic mass is 9.95. The van der Waals surface area contributed by atoms with Crippen molar-refractivity contribution in [3.8, 4) is 0 Å². The van der Waals surface area contributed by atoms with Crippen molar-refractivity contribution in [3.63, 3.8) is 0 Å². The number of nitro groups is 1. The van der Waals surface area contributed by atoms with Crippen molar-refractivity contribution in [2.24, 2.45) is 11.8 Å². The van der Waals surface area contributed by atoms with Crippen LogP contribution >= 0.6 is 11.6 Å². The van der Waals surface area contributed by atoms with E-state index in [2.05, 4.69) is 18.8 Å². The van der Waals surface area contributed by atoms with E-state index in [0.29, 0.717) is 24.9 Å². The average Bonchev–Trinajstić information content (AvgIpc) is 2.86. The third-order valence-corrected chi connectivity index (χ3v) is 4.02. The molecule has 1 unspecified atom stereocenters. The smallest absolute Gasteiger partial charge is 0.319 e. The molecular formula is C13H16ClN3O3. The molecule has 1 fully saturated rings. The zero-order valence-corrected chi connectivity index (χ0v) is 12.1. The maximum absolute atomic E-state index is 12.4. The standard InChI is InChI=1S/C13H16ClN3O3/c1-8(2)9-4-6-16(7-9)13(18)10-3-5-15-12(14)11(10)17(19)20/h3,5,8-9H,4,6-7H2,1-2H3. The number of nitrogens with zero attached hydrogens (tertiary/aromatic N) is 3. The van der Waals surface area contributed by atoms with Crippen LogP contribution in [-0.2, 0) is 0 Å². The summed E-state index contributed by atoms with van der Waals surface area (Å²) in [6.07, 6.45) is 2.24. The van der Waals surface area contributed by atoms with E-state index in [1.54, 1.807) is 4.90 Å². The first kappa shape index (κ1) is 14.7. The van der Waals surface area contributed by atoms with Gasteiger partial charge in [0, 0.05) is 19.3 Å². The van der Waals surface area contributed by atoms with Crippen molar-refractivity contribution in [1.82, 2.24) is 9.88 Å². The van der Waals surface area contributed by atoms with Crippen LogP contribution in [0.4, 0.5) is 5.69 Å². The Bertz CT molecular complexity index is 548. The number of carbonyl (C=O) groups excluding carboxylic acids is 1. The predicted molar refractivity (Wildman–Crippen MR) is 74.7 cm³/mol. The summed E-state index contributed by atoms with van der Waals surface area (Å²) in [6.45, 7) is 5.49. The molecule has 6 nitrogen and oxygen atoms in total. The predicted octanol–water partition coefficient (Wildman–Crippen LogP) is 2.76. The minimum atomic E-state index is -0.654. The fraction of sp³-hybridized carbons (Fsp3) is 0.538. The SMILES string of the molecule is CC(C)C1CCN(C(=O)c2ccnc(Cl)c2[N+](=O)[O-])C1. The quantitative estimate of drug-likeness (QED) is 0.488. The fourth-order valence-electron chi connectivity index (χ4n) is 2.46. The topological polar surface area (TPSA) is 76.3 Å². The molecule has 1 aromatic rings. The number of amides is 1. The van der Waals surface area contributed by atoms with Gasteiger partial charge in [0.05, 0.1) is 4.92 Å². The number of likely N-dealkylation sites (tertiary alicyclic amines) is 1. The second kappa shape index (κ2) is 5.75. The molecule has 108 valence electrons. The van der Waals surface area contributed by atoms with Crippen molar-refractivity contribution in [1.29, 1.82) is 0 Å². The Hall–Kier alpha value is -1.69. The summed E-state index contributed by atoms with van der Waals surface area (Å²) in [5.74, 6) is 0.586. The summed E-state index contributed by atoms with van der Waals surface area (Å²) in [5.41, 5.74) is -0.397. The molecule has 0 saturated carbocycles. The van der Waals surface area contributed by atoms with Crippen molar-refractivity contribution < 1.29 is 9.72 Å². The van der Waals surface area contributed by atoms with Crippen LogP contribution in [0.2, 0.25) is 5.15 Å². The minimum Gasteiger partial charge on any atom is -0.338 e. The van der Waals surface area contributed by atoms with Crippen LogP contribution in [0.5, 0.6) is 0 Å². The van der Waals surface area contributed by atoms with E-state index in [9.17, 15) is 14.9 Å². The van der Waals surface area contributed by atoms with Gasteiger partial charge in [-0.2, -0.15) is 0 Å². The summed E-state index contributed by atoms with van der Waals surface area (Å²) in [6, 6.07) is 1.36. The molecule has 0 N–H and O–H groups in total. The fourth-order valence-corrected chi connectivity index (χ4v) is 2.69. The summed E-state index contributed by atoms with van der Waals surface area (Å²) in [5, 5.41) is 10.8. The van der Waals surface area contributed by atoms with Crippen LogP contribution in [0.25, 0.3) is 0 Å². The molecule has 0 spiro atoms. The second-order valence-corrected chi connectivity index (χ2v) is 5.66. The molecule has 0 aliphatic carbocycles. The van der Waals surface area contributed by atoms with E-state index >= 15 is 0 Å². The van der Waals surface area contributed by atoms with Crippen LogP contribution < -0.4 is 0 Å². The van der Waals surface area contributed by atoms with Crippen molar-refractivity contribution in [2.45, 2.75) is 20.3 Å². The third-order valence-electron chi connectivity index (χ3n) is 3.75. The van der Waals surface area contributed by atoms with Gasteiger partial charge in [-0.1, -0.05) is 25.4 Å². The van der Waals surface area contributed by atoms with E-state index in [1.807, 2.05) is 0 Å². The molecule has 20 heavy (non-hydrogen) atoms. The number of carbonyl (C=O) groups is 1. The molecule has 1 aliphatic rings. The number of rotatable bonds is 3. The van der Waals surface area contributed by atoms with Gasteiger partial charge in [-0.3, -0.25) is 14.9 Å². The van der Waals surface area contributed by atoms with Gasteiger partial charge in [-0.05, 0) is 24.3 Å². The average molecular weight is 298 g/mol. The molecule has 2 heterocycles. The second-order valence-electron chi connectivity index (χ2n) is 5.30. The first-order chi connectivity index (χ1) is 9.41. The Morgan fingerprint density at radius 1 is 1.60 bits per heavy atom. The van der Waals surface area contributed by atoms with Gasteiger partial charge in [-0.25, -0.2) is 4.98 Å². The normalized spacial score (nSPS) is 18.6. The molecule has 0 bridgehead atoms. The van der Waals surface area contributed by atoms with Gasteiger partial charge < -0.3 is 4.90 Å². The van der Waals surface area contributed by atoms with E-state index in [4.69, 9.17) is 11.6 Å². The highest BCUT2D eigenvalue weighted by Crippen LogP contribution is 2.30.